The minimum Gasteiger partial charge on any atom is -0.489 e. The molecule has 5 aliphatic heterocycles. The molecule has 0 aromatic heterocycles. The van der Waals surface area contributed by atoms with Crippen molar-refractivity contribution in [1.82, 2.24) is 4.90 Å². The summed E-state index contributed by atoms with van der Waals surface area (Å²) in [6.07, 6.45) is 14.8. The van der Waals surface area contributed by atoms with Gasteiger partial charge in [0.25, 0.3) is 0 Å². The van der Waals surface area contributed by atoms with Gasteiger partial charge in [0, 0.05) is 60.5 Å². The fraction of sp³-hybridized carbons (Fsp3) is 0.644. The molecule has 0 amide bonds. The molecular weight excluding hydrogens is 682 g/mol. The highest BCUT2D eigenvalue weighted by molar-refractivity contribution is 5.95. The summed E-state index contributed by atoms with van der Waals surface area (Å²) in [5.41, 5.74) is 2.75. The summed E-state index contributed by atoms with van der Waals surface area (Å²) in [5.74, 6) is 2.02. The summed E-state index contributed by atoms with van der Waals surface area (Å²) in [5, 5.41) is 0. The minimum absolute atomic E-state index is 0.0127. The van der Waals surface area contributed by atoms with E-state index in [0.29, 0.717) is 31.8 Å². The summed E-state index contributed by atoms with van der Waals surface area (Å²) >= 11 is 0. The van der Waals surface area contributed by atoms with E-state index in [1.54, 1.807) is 6.92 Å². The van der Waals surface area contributed by atoms with Crippen molar-refractivity contribution in [2.45, 2.75) is 122 Å². The zero-order valence-electron chi connectivity index (χ0n) is 33.8. The number of esters is 1. The molecule has 292 valence electrons. The molecule has 3 saturated heterocycles. The van der Waals surface area contributed by atoms with Crippen LogP contribution in [0.15, 0.2) is 81.1 Å². The van der Waals surface area contributed by atoms with E-state index < -0.39 is 28.4 Å². The molecule has 6 fully saturated rings. The van der Waals surface area contributed by atoms with E-state index in [2.05, 4.69) is 77.7 Å². The van der Waals surface area contributed by atoms with Crippen molar-refractivity contribution in [1.29, 1.82) is 0 Å². The van der Waals surface area contributed by atoms with Crippen LogP contribution in [0, 0.1) is 23.7 Å². The topological polar surface area (TPSA) is 92.8 Å². The molecule has 9 heteroatoms. The van der Waals surface area contributed by atoms with Gasteiger partial charge in [-0.2, -0.15) is 0 Å². The molecule has 4 aliphatic carbocycles. The Kier molecular flexibility index (Phi) is 9.29. The van der Waals surface area contributed by atoms with Crippen LogP contribution < -0.4 is 0 Å². The molecule has 0 aromatic carbocycles. The molecule has 5 heterocycles. The van der Waals surface area contributed by atoms with E-state index in [9.17, 15) is 4.79 Å². The average molecular weight is 742 g/mol. The number of nitrogens with zero attached hydrogens (tertiary/aromatic N) is 1. The van der Waals surface area contributed by atoms with Crippen LogP contribution in [0.1, 0.15) is 93.9 Å². The number of carbonyl (C=O) groups is 2. The summed E-state index contributed by atoms with van der Waals surface area (Å²) in [4.78, 5) is 30.4. The Bertz CT molecular complexity index is 1840. The van der Waals surface area contributed by atoms with Gasteiger partial charge in [0.15, 0.2) is 17.0 Å². The molecule has 3 saturated carbocycles. The first-order valence-corrected chi connectivity index (χ1v) is 20.2. The lowest BCUT2D eigenvalue weighted by molar-refractivity contribution is -0.251. The maximum Gasteiger partial charge on any atom is 0.333 e. The Labute approximate surface area is 321 Å². The van der Waals surface area contributed by atoms with Crippen molar-refractivity contribution in [3.05, 3.63) is 81.1 Å². The van der Waals surface area contributed by atoms with E-state index in [1.165, 1.54) is 23.8 Å². The van der Waals surface area contributed by atoms with Crippen LogP contribution in [0.4, 0.5) is 0 Å². The lowest BCUT2D eigenvalue weighted by Gasteiger charge is -2.66. The Morgan fingerprint density at radius 2 is 1.74 bits per heavy atom. The van der Waals surface area contributed by atoms with Crippen LogP contribution in [-0.4, -0.2) is 85.1 Å². The standard InChI is InChI=1S/C45H59NO8/c1-26(2)11-10-16-43(8)25-33-35-30(15-20-51-33)36-37(46-18-21-50-22-19-46)32-23-29-24-34-42(6,7)54-44(40(29)47,17-14-28(5)41(48)49-9)45(32,34)53-39(36)31(38(35)52-43)13-12-27(3)4/h11-12,14-15,25,29,32,34,36-37H,10,13,16-24H2,1-9H3/b28-14-. The van der Waals surface area contributed by atoms with Crippen LogP contribution >= 0.6 is 0 Å². The van der Waals surface area contributed by atoms with Gasteiger partial charge in [0.2, 0.25) is 0 Å². The van der Waals surface area contributed by atoms with Crippen molar-refractivity contribution in [3.8, 4) is 0 Å². The zero-order valence-corrected chi connectivity index (χ0v) is 33.8. The summed E-state index contributed by atoms with van der Waals surface area (Å²) < 4.78 is 40.0. The quantitative estimate of drug-likeness (QED) is 0.135. The number of morpholine rings is 1. The van der Waals surface area contributed by atoms with Crippen LogP contribution in [0.2, 0.25) is 0 Å². The van der Waals surface area contributed by atoms with Crippen LogP contribution in [-0.2, 0) is 38.0 Å². The Hall–Kier alpha value is -3.40. The molecule has 1 spiro atoms. The van der Waals surface area contributed by atoms with Gasteiger partial charge in [0.05, 0.1) is 37.4 Å². The second-order valence-electron chi connectivity index (χ2n) is 18.1. The normalized spacial score (nSPS) is 37.5. The van der Waals surface area contributed by atoms with Crippen molar-refractivity contribution in [2.75, 3.05) is 40.0 Å². The SMILES string of the molecule is COC(=O)/C(C)=C\CC12OC(C)(C)C3CC(CC4C(N5CCOCC5)C5C6=CCOC7=CC(C)(CCC=C(C)C)OC(=C76)C(CC=C(C)C)=C5OC431)C2=O. The Morgan fingerprint density at radius 3 is 2.44 bits per heavy atom. The second-order valence-corrected chi connectivity index (χ2v) is 18.1. The van der Waals surface area contributed by atoms with E-state index in [-0.39, 0.29) is 41.9 Å². The maximum absolute atomic E-state index is 15.0. The van der Waals surface area contributed by atoms with Gasteiger partial charge in [-0.25, -0.2) is 4.79 Å². The molecule has 54 heavy (non-hydrogen) atoms. The molecule has 9 aliphatic rings. The third kappa shape index (κ3) is 5.57. The fourth-order valence-electron chi connectivity index (χ4n) is 11.4. The fourth-order valence-corrected chi connectivity index (χ4v) is 11.4. The number of hydrogen-bond donors (Lipinski definition) is 0. The number of Topliss-reactive ketones (excluding diaryl/α,β-unsaturated/α-hetero) is 1. The van der Waals surface area contributed by atoms with E-state index in [0.717, 1.165) is 67.2 Å². The van der Waals surface area contributed by atoms with Crippen LogP contribution in [0.5, 0.6) is 0 Å². The number of fused-ring (bicyclic) bond motifs is 2. The number of rotatable bonds is 9. The van der Waals surface area contributed by atoms with Gasteiger partial charge in [-0.1, -0.05) is 29.4 Å². The lowest BCUT2D eigenvalue weighted by Crippen LogP contribution is -2.78. The van der Waals surface area contributed by atoms with Gasteiger partial charge in [-0.05, 0) is 99.1 Å². The van der Waals surface area contributed by atoms with Gasteiger partial charge in [-0.3, -0.25) is 9.69 Å². The minimum atomic E-state index is -1.28. The molecule has 9 rings (SSSR count). The molecule has 0 radical (unpaired) electrons. The smallest absolute Gasteiger partial charge is 0.333 e. The molecule has 0 N–H and O–H groups in total. The van der Waals surface area contributed by atoms with Gasteiger partial charge >= 0.3 is 5.97 Å². The number of carbonyl (C=O) groups excluding carboxylic acids is 2. The predicted octanol–water partition coefficient (Wildman–Crippen LogP) is 7.61. The number of hydrogen-bond acceptors (Lipinski definition) is 9. The average Bonchev–Trinajstić information content (AvgIpc) is 3.29. The van der Waals surface area contributed by atoms with Crippen molar-refractivity contribution < 1.29 is 38.0 Å². The van der Waals surface area contributed by atoms with Crippen molar-refractivity contribution >= 4 is 11.8 Å². The first-order valence-electron chi connectivity index (χ1n) is 20.2. The zero-order chi connectivity index (χ0) is 38.4. The predicted molar refractivity (Wildman–Crippen MR) is 205 cm³/mol. The summed E-state index contributed by atoms with van der Waals surface area (Å²) in [7, 11) is 1.39. The second kappa shape index (κ2) is 13.4. The number of methoxy groups -OCH3 is 1. The molecule has 8 unspecified atom stereocenters. The first-order chi connectivity index (χ1) is 25.7. The highest BCUT2D eigenvalue weighted by atomic mass is 16.6. The number of ether oxygens (including phenoxy) is 6. The summed E-state index contributed by atoms with van der Waals surface area (Å²) in [6.45, 7) is 20.1. The number of ketones is 1. The highest BCUT2D eigenvalue weighted by Crippen LogP contribution is 2.72. The molecule has 4 bridgehead atoms. The maximum atomic E-state index is 15.0. The van der Waals surface area contributed by atoms with Gasteiger partial charge < -0.3 is 28.4 Å². The summed E-state index contributed by atoms with van der Waals surface area (Å²) in [6, 6.07) is 0.0194. The Morgan fingerprint density at radius 1 is 1.00 bits per heavy atom. The molecule has 9 nitrogen and oxygen atoms in total. The lowest BCUT2D eigenvalue weighted by atomic mass is 9.45. The van der Waals surface area contributed by atoms with Crippen molar-refractivity contribution in [2.24, 2.45) is 23.7 Å². The highest BCUT2D eigenvalue weighted by Gasteiger charge is 2.84. The molecule has 0 aromatic rings. The monoisotopic (exact) mass is 741 g/mol. The van der Waals surface area contributed by atoms with Gasteiger partial charge in [0.1, 0.15) is 29.5 Å². The third-order valence-corrected chi connectivity index (χ3v) is 13.7. The van der Waals surface area contributed by atoms with E-state index in [4.69, 9.17) is 28.4 Å². The first kappa shape index (κ1) is 37.5. The van der Waals surface area contributed by atoms with E-state index in [1.807, 2.05) is 6.08 Å². The van der Waals surface area contributed by atoms with E-state index >= 15 is 4.79 Å². The van der Waals surface area contributed by atoms with Gasteiger partial charge in [-0.15, -0.1) is 0 Å². The molecular formula is C45H59NO8. The van der Waals surface area contributed by atoms with Crippen molar-refractivity contribution in [3.63, 3.8) is 0 Å². The van der Waals surface area contributed by atoms with Crippen LogP contribution in [0.25, 0.3) is 0 Å². The largest absolute Gasteiger partial charge is 0.489 e. The molecule has 8 atom stereocenters. The number of allylic oxidation sites excluding steroid dienone is 6. The van der Waals surface area contributed by atoms with Crippen LogP contribution in [0.3, 0.4) is 0 Å². The Balaban J connectivity index is 1.37. The third-order valence-electron chi connectivity index (χ3n) is 13.7.